The van der Waals surface area contributed by atoms with Crippen molar-refractivity contribution in [3.05, 3.63) is 29.3 Å². The van der Waals surface area contributed by atoms with E-state index >= 15 is 0 Å². The van der Waals surface area contributed by atoms with Crippen molar-refractivity contribution in [1.82, 2.24) is 4.72 Å². The monoisotopic (exact) mass is 323 g/mol. The highest BCUT2D eigenvalue weighted by molar-refractivity contribution is 7.90. The zero-order chi connectivity index (χ0) is 15.7. The van der Waals surface area contributed by atoms with Gasteiger partial charge in [-0.15, -0.1) is 0 Å². The average Bonchev–Trinajstić information content (AvgIpc) is 3.09. The van der Waals surface area contributed by atoms with E-state index in [1.165, 1.54) is 0 Å². The van der Waals surface area contributed by atoms with Crippen LogP contribution in [0.4, 0.5) is 0 Å². The minimum absolute atomic E-state index is 0.0358. The molecule has 1 aromatic rings. The molecule has 1 aromatic carbocycles. The van der Waals surface area contributed by atoms with E-state index in [4.69, 9.17) is 4.65 Å². The zero-order valence-corrected chi connectivity index (χ0v) is 12.9. The topological polar surface area (TPSA) is 92.7 Å². The smallest absolute Gasteiger partial charge is 0.423 e. The van der Waals surface area contributed by atoms with Crippen molar-refractivity contribution in [1.29, 1.82) is 0 Å². The Labute approximate surface area is 130 Å². The van der Waals surface area contributed by atoms with E-state index < -0.39 is 28.3 Å². The number of hydrogen-bond donors (Lipinski definition) is 2. The van der Waals surface area contributed by atoms with Crippen LogP contribution in [0.15, 0.2) is 18.2 Å². The fraction of sp³-hybridized carbons (Fsp3) is 0.500. The second-order valence-electron chi connectivity index (χ2n) is 5.85. The van der Waals surface area contributed by atoms with E-state index in [1.807, 2.05) is 0 Å². The van der Waals surface area contributed by atoms with Crippen LogP contribution in [-0.2, 0) is 32.5 Å². The summed E-state index contributed by atoms with van der Waals surface area (Å²) in [6.45, 7) is 0.346. The lowest BCUT2D eigenvalue weighted by Gasteiger charge is -2.12. The third-order valence-corrected chi connectivity index (χ3v) is 6.10. The Morgan fingerprint density at radius 2 is 2.09 bits per heavy atom. The molecule has 22 heavy (non-hydrogen) atoms. The van der Waals surface area contributed by atoms with E-state index in [9.17, 15) is 18.2 Å². The van der Waals surface area contributed by atoms with E-state index in [0.29, 0.717) is 30.5 Å². The summed E-state index contributed by atoms with van der Waals surface area (Å²) in [7, 11) is -4.55. The Hall–Kier alpha value is -1.38. The number of sulfonamides is 1. The van der Waals surface area contributed by atoms with Crippen LogP contribution < -0.4 is 10.2 Å². The summed E-state index contributed by atoms with van der Waals surface area (Å²) >= 11 is 0. The van der Waals surface area contributed by atoms with E-state index in [-0.39, 0.29) is 6.42 Å². The third-order valence-electron chi connectivity index (χ3n) is 4.23. The maximum absolute atomic E-state index is 12.1. The molecule has 1 aliphatic heterocycles. The second-order valence-corrected chi connectivity index (χ2v) is 7.81. The number of benzene rings is 1. The molecule has 6 nitrogen and oxygen atoms in total. The third kappa shape index (κ3) is 3.18. The summed E-state index contributed by atoms with van der Waals surface area (Å²) in [4.78, 5) is 12.0. The Morgan fingerprint density at radius 3 is 2.82 bits per heavy atom. The SMILES string of the molecule is O=C(Cc1ccc2c(c1)B(O)OC2)NS(=O)(=O)C1CCCC1. The van der Waals surface area contributed by atoms with Gasteiger partial charge in [-0.05, 0) is 29.4 Å². The molecule has 0 aromatic heterocycles. The highest BCUT2D eigenvalue weighted by atomic mass is 32.2. The molecule has 0 saturated heterocycles. The number of nitrogens with one attached hydrogen (secondary N) is 1. The van der Waals surface area contributed by atoms with E-state index in [0.717, 1.165) is 18.4 Å². The highest BCUT2D eigenvalue weighted by Crippen LogP contribution is 2.24. The lowest BCUT2D eigenvalue weighted by atomic mass is 9.78. The van der Waals surface area contributed by atoms with Crippen LogP contribution >= 0.6 is 0 Å². The molecule has 2 aliphatic rings. The van der Waals surface area contributed by atoms with Crippen LogP contribution in [0.5, 0.6) is 0 Å². The fourth-order valence-electron chi connectivity index (χ4n) is 3.04. The molecule has 8 heteroatoms. The van der Waals surface area contributed by atoms with Gasteiger partial charge < -0.3 is 9.68 Å². The molecular formula is C14H18BNO5S. The molecular weight excluding hydrogens is 305 g/mol. The molecule has 3 rings (SSSR count). The Kier molecular flexibility index (Phi) is 4.25. The largest absolute Gasteiger partial charge is 0.491 e. The fourth-order valence-corrected chi connectivity index (χ4v) is 4.55. The standard InChI is InChI=1S/C14H18BNO5S/c17-14(16-22(19,20)12-3-1-2-4-12)8-10-5-6-11-9-21-15(18)13(11)7-10/h5-7,12,18H,1-4,8-9H2,(H,16,17). The summed E-state index contributed by atoms with van der Waals surface area (Å²) in [6.07, 6.45) is 2.98. The van der Waals surface area contributed by atoms with Crippen molar-refractivity contribution < 1.29 is 22.9 Å². The van der Waals surface area contributed by atoms with Crippen LogP contribution in [0, 0.1) is 0 Å². The van der Waals surface area contributed by atoms with Gasteiger partial charge in [-0.25, -0.2) is 8.42 Å². The number of carbonyl (C=O) groups is 1. The van der Waals surface area contributed by atoms with Gasteiger partial charge in [0.25, 0.3) is 0 Å². The van der Waals surface area contributed by atoms with Crippen molar-refractivity contribution in [3.63, 3.8) is 0 Å². The molecule has 0 radical (unpaired) electrons. The normalized spacial score (nSPS) is 18.5. The van der Waals surface area contributed by atoms with Crippen LogP contribution in [0.1, 0.15) is 36.8 Å². The Morgan fingerprint density at radius 1 is 1.36 bits per heavy atom. The Bertz CT molecular complexity index is 684. The molecule has 0 unspecified atom stereocenters. The molecule has 118 valence electrons. The first kappa shape index (κ1) is 15.5. The van der Waals surface area contributed by atoms with Crippen molar-refractivity contribution in [2.75, 3.05) is 0 Å². The Balaban J connectivity index is 1.66. The van der Waals surface area contributed by atoms with Gasteiger partial charge in [-0.1, -0.05) is 31.0 Å². The van der Waals surface area contributed by atoms with Gasteiger partial charge >= 0.3 is 7.12 Å². The quantitative estimate of drug-likeness (QED) is 0.751. The van der Waals surface area contributed by atoms with Gasteiger partial charge in [-0.3, -0.25) is 9.52 Å². The predicted octanol–water partition coefficient (Wildman–Crippen LogP) is -0.165. The maximum atomic E-state index is 12.1. The minimum Gasteiger partial charge on any atom is -0.423 e. The summed E-state index contributed by atoms with van der Waals surface area (Å²) in [5, 5.41) is 9.20. The van der Waals surface area contributed by atoms with Gasteiger partial charge in [-0.2, -0.15) is 0 Å². The predicted molar refractivity (Wildman–Crippen MR) is 81.9 cm³/mol. The molecule has 1 aliphatic carbocycles. The van der Waals surface area contributed by atoms with Crippen LogP contribution in [-0.4, -0.2) is 31.7 Å². The first-order valence-corrected chi connectivity index (χ1v) is 8.96. The summed E-state index contributed by atoms with van der Waals surface area (Å²) in [5.41, 5.74) is 2.18. The molecule has 0 spiro atoms. The van der Waals surface area contributed by atoms with E-state index in [2.05, 4.69) is 4.72 Å². The second kappa shape index (κ2) is 6.02. The van der Waals surface area contributed by atoms with Crippen molar-refractivity contribution >= 4 is 28.5 Å². The number of rotatable bonds is 4. The number of amides is 1. The van der Waals surface area contributed by atoms with Crippen molar-refractivity contribution in [2.45, 2.75) is 44.0 Å². The lowest BCUT2D eigenvalue weighted by Crippen LogP contribution is -2.38. The molecule has 1 fully saturated rings. The average molecular weight is 323 g/mol. The van der Waals surface area contributed by atoms with Crippen molar-refractivity contribution in [3.8, 4) is 0 Å². The summed E-state index contributed by atoms with van der Waals surface area (Å²) in [5.74, 6) is -0.541. The molecule has 0 atom stereocenters. The number of carbonyl (C=O) groups excluding carboxylic acids is 1. The first-order chi connectivity index (χ1) is 10.5. The first-order valence-electron chi connectivity index (χ1n) is 7.41. The molecule has 2 N–H and O–H groups in total. The van der Waals surface area contributed by atoms with Gasteiger partial charge in [0.2, 0.25) is 15.9 Å². The zero-order valence-electron chi connectivity index (χ0n) is 12.1. The van der Waals surface area contributed by atoms with E-state index in [1.54, 1.807) is 18.2 Å². The molecule has 0 bridgehead atoms. The summed E-state index contributed by atoms with van der Waals surface area (Å²) < 4.78 is 31.4. The number of fused-ring (bicyclic) bond motifs is 1. The van der Waals surface area contributed by atoms with Gasteiger partial charge in [0.1, 0.15) is 0 Å². The van der Waals surface area contributed by atoms with Gasteiger partial charge in [0.15, 0.2) is 0 Å². The maximum Gasteiger partial charge on any atom is 0.491 e. The molecule has 1 saturated carbocycles. The summed E-state index contributed by atoms with van der Waals surface area (Å²) in [6, 6.07) is 5.23. The minimum atomic E-state index is -3.58. The van der Waals surface area contributed by atoms with Crippen LogP contribution in [0.2, 0.25) is 0 Å². The van der Waals surface area contributed by atoms with Crippen LogP contribution in [0.3, 0.4) is 0 Å². The van der Waals surface area contributed by atoms with Gasteiger partial charge in [0.05, 0.1) is 18.3 Å². The lowest BCUT2D eigenvalue weighted by molar-refractivity contribution is -0.118. The highest BCUT2D eigenvalue weighted by Gasteiger charge is 2.30. The molecule has 1 heterocycles. The molecule has 1 amide bonds. The van der Waals surface area contributed by atoms with Crippen LogP contribution in [0.25, 0.3) is 0 Å². The van der Waals surface area contributed by atoms with Gasteiger partial charge in [0, 0.05) is 0 Å². The van der Waals surface area contributed by atoms with Crippen molar-refractivity contribution in [2.24, 2.45) is 0 Å². The number of hydrogen-bond acceptors (Lipinski definition) is 5.